The van der Waals surface area contributed by atoms with E-state index < -0.39 is 0 Å². The van der Waals surface area contributed by atoms with Crippen molar-refractivity contribution in [3.63, 3.8) is 0 Å². The van der Waals surface area contributed by atoms with Crippen LogP contribution >= 0.6 is 24.0 Å². The molecule has 1 aliphatic rings. The van der Waals surface area contributed by atoms with Crippen LogP contribution in [0.15, 0.2) is 59.6 Å². The van der Waals surface area contributed by atoms with Gasteiger partial charge in [0.25, 0.3) is 5.91 Å². The minimum Gasteiger partial charge on any atom is -0.307 e. The third kappa shape index (κ3) is 3.59. The molecule has 1 N–H and O–H groups in total. The molecule has 1 saturated heterocycles. The summed E-state index contributed by atoms with van der Waals surface area (Å²) in [6.45, 7) is 4.15. The van der Waals surface area contributed by atoms with E-state index in [-0.39, 0.29) is 5.91 Å². The zero-order valence-electron chi connectivity index (χ0n) is 14.9. The Kier molecular flexibility index (Phi) is 4.68. The summed E-state index contributed by atoms with van der Waals surface area (Å²) < 4.78 is 2.33. The van der Waals surface area contributed by atoms with Crippen molar-refractivity contribution in [3.05, 3.63) is 76.3 Å². The number of nitrogens with one attached hydrogen (secondary N) is 1. The summed E-state index contributed by atoms with van der Waals surface area (Å²) in [5, 5.41) is 7.49. The summed E-state index contributed by atoms with van der Waals surface area (Å²) in [5.41, 5.74) is 6.09. The fraction of sp³-hybridized carbons (Fsp3) is 0.0952. The number of benzene rings is 2. The first-order valence-electron chi connectivity index (χ1n) is 8.49. The highest BCUT2D eigenvalue weighted by molar-refractivity contribution is 8.26. The maximum atomic E-state index is 12.1. The van der Waals surface area contributed by atoms with Gasteiger partial charge < -0.3 is 5.32 Å². The molecular weight excluding hydrogens is 374 g/mol. The molecule has 4 nitrogen and oxygen atoms in total. The number of rotatable bonds is 3. The van der Waals surface area contributed by atoms with Gasteiger partial charge in [-0.05, 0) is 37.6 Å². The average molecular weight is 392 g/mol. The molecular formula is C21H17N3OS2. The molecule has 0 unspecified atom stereocenters. The fourth-order valence-electron chi connectivity index (χ4n) is 3.06. The van der Waals surface area contributed by atoms with Crippen LogP contribution in [0, 0.1) is 13.8 Å². The largest absolute Gasteiger partial charge is 0.307 e. The van der Waals surface area contributed by atoms with Crippen molar-refractivity contribution < 1.29 is 4.79 Å². The van der Waals surface area contributed by atoms with Crippen molar-refractivity contribution in [1.29, 1.82) is 0 Å². The molecule has 27 heavy (non-hydrogen) atoms. The molecule has 1 amide bonds. The Balaban J connectivity index is 1.88. The van der Waals surface area contributed by atoms with Crippen LogP contribution in [0.4, 0.5) is 0 Å². The van der Waals surface area contributed by atoms with Crippen LogP contribution in [0.5, 0.6) is 0 Å². The standard InChI is InChI=1S/C21H17N3OS2/c1-13-8-9-17(14(2)10-13)19-15(11-18-20(25)22-21(26)27-18)12-24(23-19)16-6-4-3-5-7-16/h3-12H,1-2H3,(H,22,25,26)/b18-11-. The molecule has 2 heterocycles. The smallest absolute Gasteiger partial charge is 0.263 e. The van der Waals surface area contributed by atoms with E-state index >= 15 is 0 Å². The minimum absolute atomic E-state index is 0.163. The molecule has 1 aromatic heterocycles. The average Bonchev–Trinajstić information content (AvgIpc) is 3.19. The van der Waals surface area contributed by atoms with E-state index in [0.717, 1.165) is 28.1 Å². The van der Waals surface area contributed by atoms with Gasteiger partial charge in [-0.2, -0.15) is 5.10 Å². The molecule has 0 atom stereocenters. The minimum atomic E-state index is -0.163. The number of hydrogen-bond acceptors (Lipinski definition) is 4. The fourth-order valence-corrected chi connectivity index (χ4v) is 4.09. The van der Waals surface area contributed by atoms with Crippen LogP contribution in [0.3, 0.4) is 0 Å². The quantitative estimate of drug-likeness (QED) is 0.522. The second-order valence-corrected chi connectivity index (χ2v) is 8.10. The van der Waals surface area contributed by atoms with Gasteiger partial charge in [-0.25, -0.2) is 4.68 Å². The molecule has 1 aliphatic heterocycles. The molecule has 1 fully saturated rings. The van der Waals surface area contributed by atoms with E-state index in [1.165, 1.54) is 17.3 Å². The van der Waals surface area contributed by atoms with Crippen molar-refractivity contribution in [2.75, 3.05) is 0 Å². The normalized spacial score (nSPS) is 15.4. The number of aryl methyl sites for hydroxylation is 2. The van der Waals surface area contributed by atoms with Crippen molar-refractivity contribution in [2.45, 2.75) is 13.8 Å². The van der Waals surface area contributed by atoms with Gasteiger partial charge in [0, 0.05) is 17.3 Å². The Hall–Kier alpha value is -2.70. The first-order valence-corrected chi connectivity index (χ1v) is 9.71. The van der Waals surface area contributed by atoms with Crippen LogP contribution in [0.1, 0.15) is 16.7 Å². The summed E-state index contributed by atoms with van der Waals surface area (Å²) in [6.07, 6.45) is 3.81. The highest BCUT2D eigenvalue weighted by atomic mass is 32.2. The summed E-state index contributed by atoms with van der Waals surface area (Å²) >= 11 is 6.38. The highest BCUT2D eigenvalue weighted by Gasteiger charge is 2.23. The van der Waals surface area contributed by atoms with Crippen LogP contribution < -0.4 is 5.32 Å². The van der Waals surface area contributed by atoms with E-state index in [1.807, 2.05) is 47.3 Å². The molecule has 3 aromatic rings. The first-order chi connectivity index (χ1) is 13.0. The van der Waals surface area contributed by atoms with E-state index in [4.69, 9.17) is 17.3 Å². The van der Waals surface area contributed by atoms with Gasteiger partial charge in [0.15, 0.2) is 0 Å². The van der Waals surface area contributed by atoms with Crippen LogP contribution in [0.2, 0.25) is 0 Å². The van der Waals surface area contributed by atoms with Crippen molar-refractivity contribution in [3.8, 4) is 16.9 Å². The number of thioether (sulfide) groups is 1. The van der Waals surface area contributed by atoms with Gasteiger partial charge >= 0.3 is 0 Å². The lowest BCUT2D eigenvalue weighted by atomic mass is 10.0. The molecule has 0 radical (unpaired) electrons. The number of hydrogen-bond donors (Lipinski definition) is 1. The molecule has 4 rings (SSSR count). The number of nitrogens with zero attached hydrogens (tertiary/aromatic N) is 2. The maximum Gasteiger partial charge on any atom is 0.263 e. The topological polar surface area (TPSA) is 46.9 Å². The van der Waals surface area contributed by atoms with Gasteiger partial charge in [-0.3, -0.25) is 4.79 Å². The van der Waals surface area contributed by atoms with Gasteiger partial charge in [-0.15, -0.1) is 0 Å². The number of carbonyl (C=O) groups excluding carboxylic acids is 1. The molecule has 134 valence electrons. The number of carbonyl (C=O) groups is 1. The van der Waals surface area contributed by atoms with Gasteiger partial charge in [-0.1, -0.05) is 65.9 Å². The number of thiocarbonyl (C=S) groups is 1. The predicted molar refractivity (Wildman–Crippen MR) is 115 cm³/mol. The molecule has 0 aliphatic carbocycles. The Labute approximate surface area is 167 Å². The Morgan fingerprint density at radius 1 is 1.15 bits per heavy atom. The summed E-state index contributed by atoms with van der Waals surface area (Å²) in [7, 11) is 0. The Bertz CT molecular complexity index is 1080. The number of para-hydroxylation sites is 1. The summed E-state index contributed by atoms with van der Waals surface area (Å²) in [4.78, 5) is 12.7. The van der Waals surface area contributed by atoms with E-state index in [0.29, 0.717) is 9.23 Å². The van der Waals surface area contributed by atoms with E-state index in [2.05, 4.69) is 37.4 Å². The maximum absolute atomic E-state index is 12.1. The molecule has 6 heteroatoms. The zero-order valence-corrected chi connectivity index (χ0v) is 16.5. The van der Waals surface area contributed by atoms with Crippen LogP contribution in [-0.4, -0.2) is 20.0 Å². The van der Waals surface area contributed by atoms with Crippen LogP contribution in [0.25, 0.3) is 23.0 Å². The van der Waals surface area contributed by atoms with Crippen molar-refractivity contribution in [2.24, 2.45) is 0 Å². The Morgan fingerprint density at radius 2 is 1.93 bits per heavy atom. The van der Waals surface area contributed by atoms with Gasteiger partial charge in [0.1, 0.15) is 10.0 Å². The van der Waals surface area contributed by atoms with Gasteiger partial charge in [0.05, 0.1) is 10.6 Å². The van der Waals surface area contributed by atoms with Crippen molar-refractivity contribution in [1.82, 2.24) is 15.1 Å². The lowest BCUT2D eigenvalue weighted by molar-refractivity contribution is -0.115. The molecule has 0 spiro atoms. The zero-order chi connectivity index (χ0) is 19.0. The van der Waals surface area contributed by atoms with Crippen LogP contribution in [-0.2, 0) is 4.79 Å². The predicted octanol–water partition coefficient (Wildman–Crippen LogP) is 4.64. The number of aromatic nitrogens is 2. The summed E-state index contributed by atoms with van der Waals surface area (Å²) in [6, 6.07) is 16.2. The first kappa shape index (κ1) is 17.7. The monoisotopic (exact) mass is 391 g/mol. The molecule has 0 bridgehead atoms. The third-order valence-electron chi connectivity index (χ3n) is 4.33. The van der Waals surface area contributed by atoms with E-state index in [9.17, 15) is 4.79 Å². The van der Waals surface area contributed by atoms with E-state index in [1.54, 1.807) is 0 Å². The molecule has 2 aromatic carbocycles. The molecule has 0 saturated carbocycles. The lowest BCUT2D eigenvalue weighted by Gasteiger charge is -2.06. The van der Waals surface area contributed by atoms with Gasteiger partial charge in [0.2, 0.25) is 0 Å². The number of amides is 1. The van der Waals surface area contributed by atoms with Crippen molar-refractivity contribution >= 4 is 40.3 Å². The highest BCUT2D eigenvalue weighted by Crippen LogP contribution is 2.32. The summed E-state index contributed by atoms with van der Waals surface area (Å²) in [5.74, 6) is -0.163. The third-order valence-corrected chi connectivity index (χ3v) is 5.49. The SMILES string of the molecule is Cc1ccc(-c2nn(-c3ccccc3)cc2/C=C2\SC(=S)NC2=O)c(C)c1. The lowest BCUT2D eigenvalue weighted by Crippen LogP contribution is -2.17. The second-order valence-electron chi connectivity index (χ2n) is 6.38. The Morgan fingerprint density at radius 3 is 2.59 bits per heavy atom. The second kappa shape index (κ2) is 7.13.